The van der Waals surface area contributed by atoms with Crippen LogP contribution in [-0.4, -0.2) is 32.5 Å². The van der Waals surface area contributed by atoms with Crippen molar-refractivity contribution >= 4 is 25.8 Å². The highest BCUT2D eigenvalue weighted by Crippen LogP contribution is 2.23. The van der Waals surface area contributed by atoms with Crippen molar-refractivity contribution in [2.45, 2.75) is 38.0 Å². The summed E-state index contributed by atoms with van der Waals surface area (Å²) < 4.78 is 37.4. The van der Waals surface area contributed by atoms with Crippen molar-refractivity contribution in [1.29, 1.82) is 0 Å². The van der Waals surface area contributed by atoms with Crippen molar-refractivity contribution < 1.29 is 12.8 Å². The summed E-state index contributed by atoms with van der Waals surface area (Å²) in [6.07, 6.45) is 2.61. The maximum absolute atomic E-state index is 13.5. The molecule has 0 spiro atoms. The molecule has 0 bridgehead atoms. The van der Waals surface area contributed by atoms with Crippen LogP contribution in [0.1, 0.15) is 25.8 Å². The van der Waals surface area contributed by atoms with Crippen molar-refractivity contribution in [1.82, 2.24) is 5.32 Å². The molecule has 0 radical (unpaired) electrons. The highest BCUT2D eigenvalue weighted by molar-refractivity contribution is 9.10. The molecule has 0 saturated carbocycles. The molecule has 0 saturated heterocycles. The van der Waals surface area contributed by atoms with Gasteiger partial charge >= 0.3 is 0 Å². The molecule has 0 aliphatic rings. The Morgan fingerprint density at radius 1 is 1.40 bits per heavy atom. The summed E-state index contributed by atoms with van der Waals surface area (Å²) in [6, 6.07) is 4.59. The number of hydrogen-bond acceptors (Lipinski definition) is 3. The lowest BCUT2D eigenvalue weighted by Crippen LogP contribution is -2.44. The number of halogens is 2. The van der Waals surface area contributed by atoms with Crippen LogP contribution in [0.2, 0.25) is 0 Å². The van der Waals surface area contributed by atoms with Gasteiger partial charge in [0.05, 0.1) is 9.72 Å². The van der Waals surface area contributed by atoms with Crippen LogP contribution in [-0.2, 0) is 16.3 Å². The minimum atomic E-state index is -3.15. The summed E-state index contributed by atoms with van der Waals surface area (Å²) >= 11 is 3.22. The van der Waals surface area contributed by atoms with Gasteiger partial charge in [-0.05, 0) is 53.9 Å². The summed E-state index contributed by atoms with van der Waals surface area (Å²) in [5, 5.41) is 2.72. The van der Waals surface area contributed by atoms with Crippen LogP contribution in [0.3, 0.4) is 0 Å². The first-order valence-electron chi connectivity index (χ1n) is 6.62. The number of benzene rings is 1. The molecule has 0 heterocycles. The lowest BCUT2D eigenvalue weighted by Gasteiger charge is -2.24. The highest BCUT2D eigenvalue weighted by atomic mass is 79.9. The lowest BCUT2D eigenvalue weighted by molar-refractivity contribution is 0.480. The quantitative estimate of drug-likeness (QED) is 0.807. The molecule has 0 fully saturated rings. The molecular formula is C14H21BrFNO2S. The Bertz CT molecular complexity index is 548. The fraction of sp³-hybridized carbons (Fsp3) is 0.571. The predicted molar refractivity (Wildman–Crippen MR) is 84.2 cm³/mol. The number of rotatable bonds is 7. The molecule has 6 heteroatoms. The summed E-state index contributed by atoms with van der Waals surface area (Å²) in [5.74, 6) is -0.330. The van der Waals surface area contributed by atoms with Crippen LogP contribution in [0.5, 0.6) is 0 Å². The van der Waals surface area contributed by atoms with E-state index in [0.717, 1.165) is 18.5 Å². The zero-order valence-corrected chi connectivity index (χ0v) is 14.4. The fourth-order valence-corrected chi connectivity index (χ4v) is 3.19. The van der Waals surface area contributed by atoms with Gasteiger partial charge in [-0.25, -0.2) is 12.8 Å². The van der Waals surface area contributed by atoms with E-state index in [9.17, 15) is 12.8 Å². The second-order valence-corrected chi connectivity index (χ2v) is 8.21. The van der Waals surface area contributed by atoms with Crippen LogP contribution >= 0.6 is 15.9 Å². The van der Waals surface area contributed by atoms with Gasteiger partial charge in [0, 0.05) is 12.3 Å². The van der Waals surface area contributed by atoms with Crippen LogP contribution in [0.25, 0.3) is 0 Å². The van der Waals surface area contributed by atoms with Gasteiger partial charge in [-0.3, -0.25) is 0 Å². The Balaban J connectivity index is 2.97. The van der Waals surface area contributed by atoms with Crippen LogP contribution in [0.15, 0.2) is 22.7 Å². The normalized spacial score (nSPS) is 15.1. The average molecular weight is 366 g/mol. The second-order valence-electron chi connectivity index (χ2n) is 5.01. The van der Waals surface area contributed by atoms with Gasteiger partial charge < -0.3 is 5.32 Å². The first-order valence-corrected chi connectivity index (χ1v) is 9.37. The number of hydrogen-bond donors (Lipinski definition) is 1. The molecule has 1 aromatic carbocycles. The summed E-state index contributed by atoms with van der Waals surface area (Å²) in [7, 11) is -3.15. The number of sulfone groups is 1. The minimum Gasteiger partial charge on any atom is -0.312 e. The van der Waals surface area contributed by atoms with Crippen molar-refractivity contribution in [3.8, 4) is 0 Å². The van der Waals surface area contributed by atoms with Gasteiger partial charge in [-0.15, -0.1) is 0 Å². The topological polar surface area (TPSA) is 46.2 Å². The molecule has 3 nitrogen and oxygen atoms in total. The Morgan fingerprint density at radius 3 is 2.60 bits per heavy atom. The standard InChI is InChI=1S/C14H21BrFNO2S/c1-4-8-17-13(10(2)20(3,18)19)9-11-6-5-7-12(16)14(11)15/h5-7,10,13,17H,4,8-9H2,1-3H3. The Hall–Kier alpha value is -0.460. The third kappa shape index (κ3) is 4.82. The summed E-state index contributed by atoms with van der Waals surface area (Å²) in [6.45, 7) is 4.45. The Kier molecular flexibility index (Phi) is 6.61. The molecule has 1 N–H and O–H groups in total. The van der Waals surface area contributed by atoms with E-state index in [1.807, 2.05) is 13.0 Å². The molecule has 1 aromatic rings. The molecule has 0 aliphatic carbocycles. The third-order valence-corrected chi connectivity index (χ3v) is 5.94. The van der Waals surface area contributed by atoms with Crippen LogP contribution in [0.4, 0.5) is 4.39 Å². The molecule has 1 rings (SSSR count). The minimum absolute atomic E-state index is 0.233. The van der Waals surface area contributed by atoms with Crippen molar-refractivity contribution in [2.75, 3.05) is 12.8 Å². The maximum Gasteiger partial charge on any atom is 0.151 e. The monoisotopic (exact) mass is 365 g/mol. The van der Waals surface area contributed by atoms with Crippen molar-refractivity contribution in [3.63, 3.8) is 0 Å². The SMILES string of the molecule is CCCNC(Cc1cccc(F)c1Br)C(C)S(C)(=O)=O. The highest BCUT2D eigenvalue weighted by Gasteiger charge is 2.26. The first kappa shape index (κ1) is 17.6. The predicted octanol–water partition coefficient (Wildman–Crippen LogP) is 2.93. The van der Waals surface area contributed by atoms with E-state index in [1.54, 1.807) is 13.0 Å². The van der Waals surface area contributed by atoms with E-state index < -0.39 is 15.1 Å². The van der Waals surface area contributed by atoms with Gasteiger partial charge in [-0.2, -0.15) is 0 Å². The number of nitrogens with one attached hydrogen (secondary N) is 1. The van der Waals surface area contributed by atoms with Crippen molar-refractivity contribution in [2.24, 2.45) is 0 Å². The van der Waals surface area contributed by atoms with E-state index in [2.05, 4.69) is 21.2 Å². The summed E-state index contributed by atoms with van der Waals surface area (Å²) in [4.78, 5) is 0. The van der Waals surface area contributed by atoms with Gasteiger partial charge in [0.25, 0.3) is 0 Å². The van der Waals surface area contributed by atoms with E-state index >= 15 is 0 Å². The Labute approximate surface area is 129 Å². The smallest absolute Gasteiger partial charge is 0.151 e. The molecule has 2 atom stereocenters. The molecule has 114 valence electrons. The summed E-state index contributed by atoms with van der Waals surface area (Å²) in [5.41, 5.74) is 0.772. The van der Waals surface area contributed by atoms with E-state index in [-0.39, 0.29) is 11.9 Å². The average Bonchev–Trinajstić information content (AvgIpc) is 2.37. The zero-order valence-electron chi connectivity index (χ0n) is 12.0. The molecular weight excluding hydrogens is 345 g/mol. The molecule has 20 heavy (non-hydrogen) atoms. The van der Waals surface area contributed by atoms with Gasteiger partial charge in [0.2, 0.25) is 0 Å². The lowest BCUT2D eigenvalue weighted by atomic mass is 10.0. The van der Waals surface area contributed by atoms with E-state index in [1.165, 1.54) is 12.3 Å². The Morgan fingerprint density at radius 2 is 2.05 bits per heavy atom. The van der Waals surface area contributed by atoms with Gasteiger partial charge in [0.15, 0.2) is 9.84 Å². The largest absolute Gasteiger partial charge is 0.312 e. The molecule has 0 aromatic heterocycles. The molecule has 0 amide bonds. The van der Waals surface area contributed by atoms with Crippen LogP contribution < -0.4 is 5.32 Å². The van der Waals surface area contributed by atoms with Crippen LogP contribution in [0, 0.1) is 5.82 Å². The first-order chi connectivity index (χ1) is 9.27. The molecule has 2 unspecified atom stereocenters. The van der Waals surface area contributed by atoms with E-state index in [4.69, 9.17) is 0 Å². The van der Waals surface area contributed by atoms with Gasteiger partial charge in [-0.1, -0.05) is 19.1 Å². The second kappa shape index (κ2) is 7.52. The van der Waals surface area contributed by atoms with Crippen molar-refractivity contribution in [3.05, 3.63) is 34.1 Å². The van der Waals surface area contributed by atoms with E-state index in [0.29, 0.717) is 10.9 Å². The fourth-order valence-electron chi connectivity index (χ4n) is 1.98. The maximum atomic E-state index is 13.5. The van der Waals surface area contributed by atoms with Gasteiger partial charge in [0.1, 0.15) is 5.82 Å². The third-order valence-electron chi connectivity index (χ3n) is 3.37. The zero-order chi connectivity index (χ0) is 15.3. The molecule has 0 aliphatic heterocycles.